The Morgan fingerprint density at radius 1 is 1.00 bits per heavy atom. The summed E-state index contributed by atoms with van der Waals surface area (Å²) < 4.78 is 7.42. The Labute approximate surface area is 207 Å². The molecule has 166 valence electrons. The minimum absolute atomic E-state index is 0.166. The number of anilines is 1. The van der Waals surface area contributed by atoms with E-state index in [0.717, 1.165) is 28.5 Å². The normalized spacial score (nSPS) is 17.8. The van der Waals surface area contributed by atoms with Gasteiger partial charge in [-0.3, -0.25) is 4.98 Å². The molecule has 0 aliphatic carbocycles. The van der Waals surface area contributed by atoms with Crippen LogP contribution in [0.25, 0.3) is 5.69 Å². The molecule has 33 heavy (non-hydrogen) atoms. The van der Waals surface area contributed by atoms with Gasteiger partial charge in [0.1, 0.15) is 11.8 Å². The lowest BCUT2D eigenvalue weighted by Gasteiger charge is -2.29. The number of rotatable bonds is 5. The second-order valence-corrected chi connectivity index (χ2v) is 8.82. The van der Waals surface area contributed by atoms with Crippen molar-refractivity contribution in [3.8, 4) is 11.4 Å². The van der Waals surface area contributed by atoms with Gasteiger partial charge in [0.15, 0.2) is 5.11 Å². The minimum Gasteiger partial charge on any atom is -0.497 e. The first kappa shape index (κ1) is 21.8. The second-order valence-electron chi connectivity index (χ2n) is 7.59. The fraction of sp³-hybridized carbons (Fsp3) is 0.120. The van der Waals surface area contributed by atoms with E-state index in [-0.39, 0.29) is 12.1 Å². The molecule has 0 amide bonds. The van der Waals surface area contributed by atoms with Crippen molar-refractivity contribution in [2.24, 2.45) is 0 Å². The Bertz CT molecular complexity index is 1290. The summed E-state index contributed by atoms with van der Waals surface area (Å²) >= 11 is 18.5. The molecule has 1 aliphatic rings. The topological polar surface area (TPSA) is 42.3 Å². The van der Waals surface area contributed by atoms with Crippen LogP contribution in [0, 0.1) is 0 Å². The molecule has 2 atom stereocenters. The molecule has 3 heterocycles. The smallest absolute Gasteiger partial charge is 0.174 e. The van der Waals surface area contributed by atoms with Gasteiger partial charge >= 0.3 is 0 Å². The predicted molar refractivity (Wildman–Crippen MR) is 137 cm³/mol. The molecule has 2 aromatic carbocycles. The van der Waals surface area contributed by atoms with Gasteiger partial charge in [0.2, 0.25) is 0 Å². The van der Waals surface area contributed by atoms with E-state index in [9.17, 15) is 0 Å². The van der Waals surface area contributed by atoms with Crippen molar-refractivity contribution in [3.63, 3.8) is 0 Å². The SMILES string of the molecule is COc1ccc(N2C(=S)N[C@@H](c3ccccn3)[C@@H]2c2cccn2-c2ccc(Cl)cc2Cl)cc1. The highest BCUT2D eigenvalue weighted by Gasteiger charge is 2.42. The summed E-state index contributed by atoms with van der Waals surface area (Å²) in [7, 11) is 1.65. The first-order chi connectivity index (χ1) is 16.1. The van der Waals surface area contributed by atoms with Crippen LogP contribution in [0.5, 0.6) is 5.75 Å². The zero-order valence-electron chi connectivity index (χ0n) is 17.7. The number of pyridine rings is 1. The van der Waals surface area contributed by atoms with Crippen LogP contribution in [-0.2, 0) is 0 Å². The zero-order valence-corrected chi connectivity index (χ0v) is 20.0. The summed E-state index contributed by atoms with van der Waals surface area (Å²) in [5, 5.41) is 5.26. The Morgan fingerprint density at radius 3 is 2.52 bits per heavy atom. The molecule has 1 aliphatic heterocycles. The minimum atomic E-state index is -0.178. The number of hydrogen-bond acceptors (Lipinski definition) is 3. The number of ether oxygens (including phenoxy) is 1. The van der Waals surface area contributed by atoms with E-state index in [1.165, 1.54) is 0 Å². The maximum absolute atomic E-state index is 6.58. The van der Waals surface area contributed by atoms with Crippen LogP contribution in [0.1, 0.15) is 23.5 Å². The molecule has 0 unspecified atom stereocenters. The number of thiocarbonyl (C=S) groups is 1. The van der Waals surface area contributed by atoms with Gasteiger partial charge in [0.25, 0.3) is 0 Å². The highest BCUT2D eigenvalue weighted by molar-refractivity contribution is 7.80. The van der Waals surface area contributed by atoms with E-state index in [2.05, 4.69) is 25.8 Å². The van der Waals surface area contributed by atoms with E-state index in [4.69, 9.17) is 40.2 Å². The number of nitrogens with one attached hydrogen (secondary N) is 1. The van der Waals surface area contributed by atoms with Crippen LogP contribution >= 0.6 is 35.4 Å². The molecule has 1 N–H and O–H groups in total. The lowest BCUT2D eigenvalue weighted by molar-refractivity contribution is 0.415. The molecule has 0 radical (unpaired) electrons. The van der Waals surface area contributed by atoms with Crippen molar-refractivity contribution >= 4 is 46.2 Å². The van der Waals surface area contributed by atoms with Gasteiger partial charge < -0.3 is 19.5 Å². The molecule has 5 rings (SSSR count). The van der Waals surface area contributed by atoms with E-state index in [0.29, 0.717) is 15.2 Å². The summed E-state index contributed by atoms with van der Waals surface area (Å²) in [5.74, 6) is 0.783. The summed E-state index contributed by atoms with van der Waals surface area (Å²) in [6.45, 7) is 0. The van der Waals surface area contributed by atoms with Crippen molar-refractivity contribution in [3.05, 3.63) is 107 Å². The fourth-order valence-electron chi connectivity index (χ4n) is 4.21. The van der Waals surface area contributed by atoms with Crippen LogP contribution < -0.4 is 15.0 Å². The van der Waals surface area contributed by atoms with Gasteiger partial charge in [-0.25, -0.2) is 0 Å². The number of benzene rings is 2. The van der Waals surface area contributed by atoms with Crippen LogP contribution in [0.15, 0.2) is 85.2 Å². The van der Waals surface area contributed by atoms with Crippen molar-refractivity contribution in [1.82, 2.24) is 14.9 Å². The quantitative estimate of drug-likeness (QED) is 0.326. The molecule has 1 fully saturated rings. The number of halogens is 2. The van der Waals surface area contributed by atoms with Crippen molar-refractivity contribution in [1.29, 1.82) is 0 Å². The largest absolute Gasteiger partial charge is 0.497 e. The standard InChI is InChI=1S/C25H20Cl2N4OS/c1-32-18-10-8-17(9-11-18)31-24(23(29-25(31)33)20-5-2-3-13-28-20)22-6-4-14-30(22)21-12-7-16(26)15-19(21)27/h2-15,23-24H,1H3,(H,29,33)/t23-,24-/m0/s1. The van der Waals surface area contributed by atoms with Gasteiger partial charge in [-0.15, -0.1) is 0 Å². The molecule has 0 bridgehead atoms. The van der Waals surface area contributed by atoms with E-state index < -0.39 is 0 Å². The molecule has 0 saturated carbocycles. The monoisotopic (exact) mass is 494 g/mol. The van der Waals surface area contributed by atoms with Gasteiger partial charge in [0.05, 0.1) is 29.6 Å². The van der Waals surface area contributed by atoms with Crippen LogP contribution in [0.2, 0.25) is 10.0 Å². The summed E-state index contributed by atoms with van der Waals surface area (Å²) in [6, 6.07) is 23.0. The first-order valence-electron chi connectivity index (χ1n) is 10.3. The summed E-state index contributed by atoms with van der Waals surface area (Å²) in [6.07, 6.45) is 3.79. The van der Waals surface area contributed by atoms with E-state index in [1.807, 2.05) is 66.9 Å². The first-order valence-corrected chi connectivity index (χ1v) is 11.5. The molecule has 8 heteroatoms. The Kier molecular flexibility index (Phi) is 5.98. The van der Waals surface area contributed by atoms with Gasteiger partial charge in [-0.1, -0.05) is 29.3 Å². The highest BCUT2D eigenvalue weighted by Crippen LogP contribution is 2.43. The number of hydrogen-bond donors (Lipinski definition) is 1. The molecular weight excluding hydrogens is 475 g/mol. The average Bonchev–Trinajstić information content (AvgIpc) is 3.44. The highest BCUT2D eigenvalue weighted by atomic mass is 35.5. The van der Waals surface area contributed by atoms with Crippen LogP contribution in [0.4, 0.5) is 5.69 Å². The Morgan fingerprint density at radius 2 is 1.82 bits per heavy atom. The van der Waals surface area contributed by atoms with Gasteiger partial charge in [0, 0.05) is 28.8 Å². The average molecular weight is 495 g/mol. The lowest BCUT2D eigenvalue weighted by Crippen LogP contribution is -2.30. The number of nitrogens with zero attached hydrogens (tertiary/aromatic N) is 3. The number of methoxy groups -OCH3 is 1. The summed E-state index contributed by atoms with van der Waals surface area (Å²) in [5.41, 5.74) is 3.70. The lowest BCUT2D eigenvalue weighted by atomic mass is 10.0. The second kappa shape index (κ2) is 9.06. The number of aromatic nitrogens is 2. The van der Waals surface area contributed by atoms with Crippen molar-refractivity contribution in [2.45, 2.75) is 12.1 Å². The Hall–Kier alpha value is -3.06. The fourth-order valence-corrected chi connectivity index (χ4v) is 5.05. The molecule has 0 spiro atoms. The van der Waals surface area contributed by atoms with Gasteiger partial charge in [-0.2, -0.15) is 0 Å². The van der Waals surface area contributed by atoms with E-state index in [1.54, 1.807) is 19.4 Å². The summed E-state index contributed by atoms with van der Waals surface area (Å²) in [4.78, 5) is 6.74. The molecular formula is C25H20Cl2N4OS. The van der Waals surface area contributed by atoms with Crippen molar-refractivity contribution < 1.29 is 4.74 Å². The maximum Gasteiger partial charge on any atom is 0.174 e. The molecule has 2 aromatic heterocycles. The molecule has 5 nitrogen and oxygen atoms in total. The third-order valence-electron chi connectivity index (χ3n) is 5.70. The van der Waals surface area contributed by atoms with Crippen LogP contribution in [-0.4, -0.2) is 21.8 Å². The molecule has 4 aromatic rings. The zero-order chi connectivity index (χ0) is 22.9. The third kappa shape index (κ3) is 4.06. The van der Waals surface area contributed by atoms with Crippen LogP contribution in [0.3, 0.4) is 0 Å². The van der Waals surface area contributed by atoms with Crippen molar-refractivity contribution in [2.75, 3.05) is 12.0 Å². The predicted octanol–water partition coefficient (Wildman–Crippen LogP) is 6.36. The van der Waals surface area contributed by atoms with Gasteiger partial charge in [-0.05, 0) is 78.9 Å². The maximum atomic E-state index is 6.58. The third-order valence-corrected chi connectivity index (χ3v) is 6.55. The van der Waals surface area contributed by atoms with E-state index >= 15 is 0 Å². The molecule has 1 saturated heterocycles. The Balaban J connectivity index is 1.66.